The maximum Gasteiger partial charge on any atom is 0.213 e. The number of sulfone groups is 1. The molecule has 2 aromatic heterocycles. The van der Waals surface area contributed by atoms with Gasteiger partial charge in [0.1, 0.15) is 10.8 Å². The van der Waals surface area contributed by atoms with Crippen LogP contribution < -0.4 is 0 Å². The summed E-state index contributed by atoms with van der Waals surface area (Å²) in [5, 5.41) is 4.57. The zero-order valence-electron chi connectivity index (χ0n) is 11.8. The van der Waals surface area contributed by atoms with Crippen molar-refractivity contribution in [3.05, 3.63) is 48.0 Å². The van der Waals surface area contributed by atoms with Crippen molar-refractivity contribution in [2.24, 2.45) is 0 Å². The number of hydrogen-bond acceptors (Lipinski definition) is 5. The molecule has 5 nitrogen and oxygen atoms in total. The van der Waals surface area contributed by atoms with Gasteiger partial charge in [0.15, 0.2) is 10.5 Å². The van der Waals surface area contributed by atoms with Gasteiger partial charge in [-0.15, -0.1) is 11.8 Å². The fourth-order valence-electron chi connectivity index (χ4n) is 2.10. The van der Waals surface area contributed by atoms with Gasteiger partial charge in [-0.25, -0.2) is 22.3 Å². The van der Waals surface area contributed by atoms with Crippen LogP contribution in [0, 0.1) is 12.7 Å². The van der Waals surface area contributed by atoms with Crippen molar-refractivity contribution in [3.8, 4) is 0 Å². The summed E-state index contributed by atoms with van der Waals surface area (Å²) in [6.45, 7) is 1.77. The Hall–Kier alpha value is -1.93. The van der Waals surface area contributed by atoms with Crippen molar-refractivity contribution < 1.29 is 12.8 Å². The van der Waals surface area contributed by atoms with Gasteiger partial charge in [0.2, 0.25) is 9.84 Å². The smallest absolute Gasteiger partial charge is 0.213 e. The minimum atomic E-state index is -3.91. The molecule has 0 fully saturated rings. The molecule has 114 valence electrons. The monoisotopic (exact) mass is 337 g/mol. The minimum Gasteiger partial charge on any atom is -0.233 e. The Balaban J connectivity index is 2.35. The van der Waals surface area contributed by atoms with Crippen LogP contribution in [0.4, 0.5) is 4.39 Å². The second kappa shape index (κ2) is 5.36. The number of aromatic nitrogens is 3. The molecule has 0 aliphatic heterocycles. The van der Waals surface area contributed by atoms with Crippen LogP contribution in [0.5, 0.6) is 0 Å². The van der Waals surface area contributed by atoms with Gasteiger partial charge in [0.05, 0.1) is 4.90 Å². The number of fused-ring (bicyclic) bond motifs is 1. The van der Waals surface area contributed by atoms with Gasteiger partial charge in [0.25, 0.3) is 0 Å². The number of benzene rings is 1. The average molecular weight is 337 g/mol. The van der Waals surface area contributed by atoms with Gasteiger partial charge in [-0.3, -0.25) is 0 Å². The van der Waals surface area contributed by atoms with Gasteiger partial charge in [0, 0.05) is 11.9 Å². The second-order valence-electron chi connectivity index (χ2n) is 4.64. The van der Waals surface area contributed by atoms with Crippen molar-refractivity contribution >= 4 is 27.2 Å². The van der Waals surface area contributed by atoms with Crippen LogP contribution >= 0.6 is 11.8 Å². The molecule has 0 amide bonds. The fourth-order valence-corrected chi connectivity index (χ4v) is 4.54. The lowest BCUT2D eigenvalue weighted by Crippen LogP contribution is -2.04. The van der Waals surface area contributed by atoms with Crippen LogP contribution in [-0.4, -0.2) is 29.3 Å². The van der Waals surface area contributed by atoms with E-state index >= 15 is 0 Å². The zero-order valence-corrected chi connectivity index (χ0v) is 13.4. The van der Waals surface area contributed by atoms with E-state index in [0.717, 1.165) is 6.07 Å². The molecule has 2 heterocycles. The van der Waals surface area contributed by atoms with E-state index in [9.17, 15) is 12.8 Å². The van der Waals surface area contributed by atoms with Crippen molar-refractivity contribution in [1.82, 2.24) is 14.6 Å². The maximum atomic E-state index is 13.4. The highest BCUT2D eigenvalue weighted by molar-refractivity contribution is 7.99. The normalized spacial score (nSPS) is 12.0. The van der Waals surface area contributed by atoms with E-state index in [0.29, 0.717) is 10.7 Å². The fraction of sp³-hybridized carbons (Fsp3) is 0.143. The molecule has 0 N–H and O–H groups in total. The quantitative estimate of drug-likeness (QED) is 0.688. The first-order valence-electron chi connectivity index (χ1n) is 6.34. The first-order chi connectivity index (χ1) is 10.4. The largest absolute Gasteiger partial charge is 0.233 e. The lowest BCUT2D eigenvalue weighted by molar-refractivity contribution is 0.589. The summed E-state index contributed by atoms with van der Waals surface area (Å²) in [5.41, 5.74) is 0.921. The molecule has 22 heavy (non-hydrogen) atoms. The van der Waals surface area contributed by atoms with Crippen molar-refractivity contribution in [2.45, 2.75) is 21.7 Å². The SMILES string of the molecule is CSc1nn2ccc(C)nc2c1S(=O)(=O)c1cccc(F)c1. The Morgan fingerprint density at radius 2 is 2.05 bits per heavy atom. The first kappa shape index (κ1) is 15.0. The Morgan fingerprint density at radius 1 is 1.27 bits per heavy atom. The van der Waals surface area contributed by atoms with E-state index in [4.69, 9.17) is 0 Å². The van der Waals surface area contributed by atoms with Crippen LogP contribution in [-0.2, 0) is 9.84 Å². The van der Waals surface area contributed by atoms with Crippen molar-refractivity contribution in [2.75, 3.05) is 6.26 Å². The molecule has 0 saturated carbocycles. The maximum absolute atomic E-state index is 13.4. The Kier molecular flexibility index (Phi) is 3.65. The Bertz CT molecular complexity index is 967. The van der Waals surface area contributed by atoms with Gasteiger partial charge in [-0.1, -0.05) is 6.07 Å². The summed E-state index contributed by atoms with van der Waals surface area (Å²) >= 11 is 1.21. The van der Waals surface area contributed by atoms with Gasteiger partial charge in [-0.2, -0.15) is 5.10 Å². The Labute approximate surface area is 131 Å². The highest BCUT2D eigenvalue weighted by Crippen LogP contribution is 2.32. The summed E-state index contributed by atoms with van der Waals surface area (Å²) in [6, 6.07) is 6.67. The third-order valence-electron chi connectivity index (χ3n) is 3.12. The van der Waals surface area contributed by atoms with Gasteiger partial charge >= 0.3 is 0 Å². The summed E-state index contributed by atoms with van der Waals surface area (Å²) < 4.78 is 40.6. The molecule has 0 saturated heterocycles. The van der Waals surface area contributed by atoms with Crippen molar-refractivity contribution in [3.63, 3.8) is 0 Å². The summed E-state index contributed by atoms with van der Waals surface area (Å²) in [7, 11) is -3.91. The molecule has 3 aromatic rings. The number of thioether (sulfide) groups is 1. The molecule has 3 rings (SSSR count). The molecule has 8 heteroatoms. The van der Waals surface area contributed by atoms with E-state index in [2.05, 4.69) is 10.1 Å². The number of halogens is 1. The third kappa shape index (κ3) is 2.38. The van der Waals surface area contributed by atoms with Gasteiger partial charge in [-0.05, 0) is 37.4 Å². The Morgan fingerprint density at radius 3 is 2.73 bits per heavy atom. The topological polar surface area (TPSA) is 64.3 Å². The minimum absolute atomic E-state index is 0.00861. The van der Waals surface area contributed by atoms with E-state index in [1.165, 1.54) is 34.5 Å². The molecule has 0 spiro atoms. The van der Waals surface area contributed by atoms with Gasteiger partial charge < -0.3 is 0 Å². The molecule has 0 unspecified atom stereocenters. The van der Waals surface area contributed by atoms with E-state index < -0.39 is 15.7 Å². The highest BCUT2D eigenvalue weighted by Gasteiger charge is 2.28. The van der Waals surface area contributed by atoms with Crippen LogP contribution in [0.3, 0.4) is 0 Å². The molecule has 1 aromatic carbocycles. The standard InChI is InChI=1S/C14H12FN3O2S2/c1-9-6-7-18-13(16-9)12(14(17-18)21-2)22(19,20)11-5-3-4-10(15)8-11/h3-8H,1-2H3. The summed E-state index contributed by atoms with van der Waals surface area (Å²) in [6.07, 6.45) is 3.39. The molecule has 0 atom stereocenters. The van der Waals surface area contributed by atoms with E-state index in [1.54, 1.807) is 25.4 Å². The molecule has 0 radical (unpaired) electrons. The second-order valence-corrected chi connectivity index (χ2v) is 7.32. The zero-order chi connectivity index (χ0) is 15.9. The first-order valence-corrected chi connectivity index (χ1v) is 9.05. The van der Waals surface area contributed by atoms with E-state index in [1.807, 2.05) is 0 Å². The molecule has 0 aliphatic rings. The third-order valence-corrected chi connectivity index (χ3v) is 5.71. The average Bonchev–Trinajstić information content (AvgIpc) is 2.85. The van der Waals surface area contributed by atoms with Crippen LogP contribution in [0.1, 0.15) is 5.69 Å². The number of rotatable bonds is 3. The number of hydrogen-bond donors (Lipinski definition) is 0. The van der Waals surface area contributed by atoms with Crippen molar-refractivity contribution in [1.29, 1.82) is 0 Å². The molecular weight excluding hydrogens is 325 g/mol. The summed E-state index contributed by atoms with van der Waals surface area (Å²) in [4.78, 5) is 4.17. The van der Waals surface area contributed by atoms with Crippen LogP contribution in [0.25, 0.3) is 5.65 Å². The highest BCUT2D eigenvalue weighted by atomic mass is 32.2. The molecular formula is C14H12FN3O2S2. The number of nitrogens with zero attached hydrogens (tertiary/aromatic N) is 3. The molecule has 0 bridgehead atoms. The predicted octanol–water partition coefficient (Wildman–Crippen LogP) is 2.73. The lowest BCUT2D eigenvalue weighted by Gasteiger charge is -2.04. The van der Waals surface area contributed by atoms with Crippen LogP contribution in [0.2, 0.25) is 0 Å². The lowest BCUT2D eigenvalue weighted by atomic mass is 10.4. The summed E-state index contributed by atoms with van der Waals surface area (Å²) in [5.74, 6) is -0.604. The number of aryl methyl sites for hydroxylation is 1. The molecule has 0 aliphatic carbocycles. The van der Waals surface area contributed by atoms with Crippen LogP contribution in [0.15, 0.2) is 51.3 Å². The predicted molar refractivity (Wildman–Crippen MR) is 81.4 cm³/mol. The van der Waals surface area contributed by atoms with E-state index in [-0.39, 0.29) is 15.4 Å².